The third-order valence-corrected chi connectivity index (χ3v) is 2.73. The average molecular weight is 294 g/mol. The number of anilines is 1. The fourth-order valence-corrected chi connectivity index (χ4v) is 1.63. The van der Waals surface area contributed by atoms with Gasteiger partial charge in [-0.05, 0) is 48.0 Å². The molecule has 1 N–H and O–H groups in total. The van der Waals surface area contributed by atoms with Gasteiger partial charge in [0.05, 0.1) is 0 Å². The van der Waals surface area contributed by atoms with Crippen molar-refractivity contribution in [2.45, 2.75) is 0 Å². The van der Waals surface area contributed by atoms with Gasteiger partial charge < -0.3 is 5.32 Å². The van der Waals surface area contributed by atoms with E-state index in [1.54, 1.807) is 24.3 Å². The zero-order valence-electron chi connectivity index (χ0n) is 10.2. The molecule has 2 aromatic rings. The van der Waals surface area contributed by atoms with Crippen LogP contribution in [-0.4, -0.2) is 5.91 Å². The second-order valence-electron chi connectivity index (χ2n) is 4.00. The van der Waals surface area contributed by atoms with Gasteiger partial charge in [0.15, 0.2) is 11.6 Å². The molecule has 0 saturated carbocycles. The van der Waals surface area contributed by atoms with Crippen LogP contribution in [0.5, 0.6) is 0 Å². The van der Waals surface area contributed by atoms with E-state index >= 15 is 0 Å². The molecule has 0 heterocycles. The Bertz CT molecular complexity index is 653. The van der Waals surface area contributed by atoms with Crippen molar-refractivity contribution in [1.82, 2.24) is 0 Å². The highest BCUT2D eigenvalue weighted by Gasteiger charge is 2.01. The first kappa shape index (κ1) is 14.2. The molecule has 5 heteroatoms. The van der Waals surface area contributed by atoms with Crippen LogP contribution in [-0.2, 0) is 4.79 Å². The molecule has 2 rings (SSSR count). The lowest BCUT2D eigenvalue weighted by atomic mass is 10.2. The summed E-state index contributed by atoms with van der Waals surface area (Å²) in [6, 6.07) is 10.0. The molecule has 0 spiro atoms. The van der Waals surface area contributed by atoms with Gasteiger partial charge in [-0.15, -0.1) is 0 Å². The summed E-state index contributed by atoms with van der Waals surface area (Å²) >= 11 is 5.72. The minimum absolute atomic E-state index is 0.378. The number of hydrogen-bond acceptors (Lipinski definition) is 1. The van der Waals surface area contributed by atoms with Gasteiger partial charge in [-0.1, -0.05) is 17.7 Å². The van der Waals surface area contributed by atoms with Crippen LogP contribution in [0, 0.1) is 11.6 Å². The van der Waals surface area contributed by atoms with Crippen molar-refractivity contribution in [3.05, 3.63) is 70.8 Å². The maximum Gasteiger partial charge on any atom is 0.248 e. The number of halogens is 3. The zero-order chi connectivity index (χ0) is 14.5. The van der Waals surface area contributed by atoms with Crippen molar-refractivity contribution in [2.24, 2.45) is 0 Å². The van der Waals surface area contributed by atoms with Crippen molar-refractivity contribution in [1.29, 1.82) is 0 Å². The molecule has 2 nitrogen and oxygen atoms in total. The van der Waals surface area contributed by atoms with Crippen LogP contribution < -0.4 is 5.32 Å². The van der Waals surface area contributed by atoms with Gasteiger partial charge >= 0.3 is 0 Å². The van der Waals surface area contributed by atoms with Gasteiger partial charge in [0, 0.05) is 16.8 Å². The summed E-state index contributed by atoms with van der Waals surface area (Å²) in [6.45, 7) is 0. The third kappa shape index (κ3) is 3.90. The summed E-state index contributed by atoms with van der Waals surface area (Å²) in [7, 11) is 0. The summed E-state index contributed by atoms with van der Waals surface area (Å²) in [5.74, 6) is -2.25. The first-order valence-electron chi connectivity index (χ1n) is 5.74. The highest BCUT2D eigenvalue weighted by atomic mass is 35.5. The predicted octanol–water partition coefficient (Wildman–Crippen LogP) is 4.27. The van der Waals surface area contributed by atoms with E-state index in [-0.39, 0.29) is 5.91 Å². The highest BCUT2D eigenvalue weighted by Crippen LogP contribution is 2.14. The van der Waals surface area contributed by atoms with Crippen LogP contribution in [0.2, 0.25) is 5.02 Å². The molecule has 102 valence electrons. The first-order valence-corrected chi connectivity index (χ1v) is 6.12. The monoisotopic (exact) mass is 293 g/mol. The second kappa shape index (κ2) is 6.30. The fraction of sp³-hybridized carbons (Fsp3) is 0. The zero-order valence-corrected chi connectivity index (χ0v) is 11.0. The van der Waals surface area contributed by atoms with E-state index < -0.39 is 11.6 Å². The van der Waals surface area contributed by atoms with E-state index in [1.165, 1.54) is 18.2 Å². The number of amides is 1. The Balaban J connectivity index is 2.01. The van der Waals surface area contributed by atoms with E-state index in [2.05, 4.69) is 5.32 Å². The van der Waals surface area contributed by atoms with Crippen LogP contribution in [0.25, 0.3) is 6.08 Å². The Labute approximate surface area is 119 Å². The smallest absolute Gasteiger partial charge is 0.248 e. The minimum Gasteiger partial charge on any atom is -0.323 e. The standard InChI is InChI=1S/C15H10ClF2NO/c16-11-3-5-12(6-4-11)19-15(20)8-2-10-1-7-13(17)14(18)9-10/h1-9H,(H,19,20). The lowest BCUT2D eigenvalue weighted by molar-refractivity contribution is -0.111. The molecule has 0 aliphatic rings. The Kier molecular flexibility index (Phi) is 4.48. The SMILES string of the molecule is O=C(C=Cc1ccc(F)c(F)c1)Nc1ccc(Cl)cc1. The summed E-state index contributed by atoms with van der Waals surface area (Å²) in [4.78, 5) is 11.6. The molecule has 2 aromatic carbocycles. The number of carbonyl (C=O) groups excluding carboxylic acids is 1. The molecular weight excluding hydrogens is 284 g/mol. The molecule has 0 bridgehead atoms. The van der Waals surface area contributed by atoms with Crippen LogP contribution in [0.3, 0.4) is 0 Å². The maximum atomic E-state index is 13.0. The Hall–Kier alpha value is -2.20. The van der Waals surface area contributed by atoms with Crippen LogP contribution in [0.4, 0.5) is 14.5 Å². The highest BCUT2D eigenvalue weighted by molar-refractivity contribution is 6.30. The summed E-state index contributed by atoms with van der Waals surface area (Å²) in [6.07, 6.45) is 2.63. The second-order valence-corrected chi connectivity index (χ2v) is 4.44. The summed E-state index contributed by atoms with van der Waals surface area (Å²) in [5.41, 5.74) is 0.990. The molecule has 0 aliphatic heterocycles. The van der Waals surface area contributed by atoms with Gasteiger partial charge in [0.1, 0.15) is 0 Å². The van der Waals surface area contributed by atoms with E-state index in [4.69, 9.17) is 11.6 Å². The number of rotatable bonds is 3. The molecule has 0 radical (unpaired) electrons. The quantitative estimate of drug-likeness (QED) is 0.841. The fourth-order valence-electron chi connectivity index (χ4n) is 1.51. The topological polar surface area (TPSA) is 29.1 Å². The van der Waals surface area contributed by atoms with Crippen LogP contribution >= 0.6 is 11.6 Å². The first-order chi connectivity index (χ1) is 9.54. The van der Waals surface area contributed by atoms with E-state index in [0.29, 0.717) is 16.3 Å². The van der Waals surface area contributed by atoms with Gasteiger partial charge in [0.25, 0.3) is 0 Å². The van der Waals surface area contributed by atoms with Gasteiger partial charge in [-0.3, -0.25) is 4.79 Å². The lowest BCUT2D eigenvalue weighted by Crippen LogP contribution is -2.07. The number of benzene rings is 2. The van der Waals surface area contributed by atoms with Crippen molar-refractivity contribution in [3.8, 4) is 0 Å². The molecule has 0 atom stereocenters. The number of hydrogen-bond donors (Lipinski definition) is 1. The molecule has 0 aliphatic carbocycles. The molecular formula is C15H10ClF2NO. The molecule has 0 saturated heterocycles. The third-order valence-electron chi connectivity index (χ3n) is 2.48. The van der Waals surface area contributed by atoms with Crippen molar-refractivity contribution < 1.29 is 13.6 Å². The maximum absolute atomic E-state index is 13.0. The van der Waals surface area contributed by atoms with E-state index in [9.17, 15) is 13.6 Å². The predicted molar refractivity (Wildman–Crippen MR) is 75.5 cm³/mol. The van der Waals surface area contributed by atoms with Gasteiger partial charge in [0.2, 0.25) is 5.91 Å². The normalized spacial score (nSPS) is 10.8. The Morgan fingerprint density at radius 1 is 1.05 bits per heavy atom. The van der Waals surface area contributed by atoms with Gasteiger partial charge in [-0.25, -0.2) is 8.78 Å². The molecule has 0 fully saturated rings. The van der Waals surface area contributed by atoms with Crippen molar-refractivity contribution in [3.63, 3.8) is 0 Å². The molecule has 0 unspecified atom stereocenters. The Morgan fingerprint density at radius 2 is 1.75 bits per heavy atom. The largest absolute Gasteiger partial charge is 0.323 e. The number of nitrogens with one attached hydrogen (secondary N) is 1. The summed E-state index contributed by atoms with van der Waals surface area (Å²) < 4.78 is 25.7. The average Bonchev–Trinajstić information content (AvgIpc) is 2.43. The number of carbonyl (C=O) groups is 1. The van der Waals surface area contributed by atoms with E-state index in [1.807, 2.05) is 0 Å². The van der Waals surface area contributed by atoms with Gasteiger partial charge in [-0.2, -0.15) is 0 Å². The minimum atomic E-state index is -0.953. The van der Waals surface area contributed by atoms with Crippen molar-refractivity contribution >= 4 is 29.3 Å². The molecule has 1 amide bonds. The van der Waals surface area contributed by atoms with Crippen molar-refractivity contribution in [2.75, 3.05) is 5.32 Å². The van der Waals surface area contributed by atoms with E-state index in [0.717, 1.165) is 12.1 Å². The van der Waals surface area contributed by atoms with Crippen LogP contribution in [0.15, 0.2) is 48.5 Å². The Morgan fingerprint density at radius 3 is 2.40 bits per heavy atom. The lowest BCUT2D eigenvalue weighted by Gasteiger charge is -2.01. The molecule has 20 heavy (non-hydrogen) atoms. The van der Waals surface area contributed by atoms with Crippen LogP contribution in [0.1, 0.15) is 5.56 Å². The molecule has 0 aromatic heterocycles. The summed E-state index contributed by atoms with van der Waals surface area (Å²) in [5, 5.41) is 3.18.